The predicted octanol–water partition coefficient (Wildman–Crippen LogP) is 6.04. The first kappa shape index (κ1) is 17.4. The number of rotatable bonds is 9. The minimum absolute atomic E-state index is 0.754. The van der Waals surface area contributed by atoms with Gasteiger partial charge in [0, 0.05) is 5.56 Å². The van der Waals surface area contributed by atoms with Gasteiger partial charge in [-0.05, 0) is 30.7 Å². The molecule has 0 fully saturated rings. The summed E-state index contributed by atoms with van der Waals surface area (Å²) in [6.07, 6.45) is 9.42. The highest BCUT2D eigenvalue weighted by Crippen LogP contribution is 2.29. The van der Waals surface area contributed by atoms with E-state index in [1.54, 1.807) is 0 Å². The number of aromatic nitrogens is 2. The van der Waals surface area contributed by atoms with Crippen molar-refractivity contribution in [3.05, 3.63) is 54.7 Å². The predicted molar refractivity (Wildman–Crippen MR) is 104 cm³/mol. The number of ether oxygens (including phenoxy) is 1. The molecule has 0 bridgehead atoms. The first-order chi connectivity index (χ1) is 12.4. The number of para-hydroxylation sites is 3. The quantitative estimate of drug-likeness (QED) is 0.448. The van der Waals surface area contributed by atoms with Crippen LogP contribution in [0.2, 0.25) is 0 Å². The molecule has 0 unspecified atom stereocenters. The highest BCUT2D eigenvalue weighted by molar-refractivity contribution is 5.78. The molecule has 0 atom stereocenters. The number of fused-ring (bicyclic) bond motifs is 1. The van der Waals surface area contributed by atoms with Crippen LogP contribution in [0.3, 0.4) is 0 Å². The third-order valence-electron chi connectivity index (χ3n) is 4.37. The average molecular weight is 334 g/mol. The standard InChI is InChI=1S/C22H26N2O/c1-2-3-4-5-6-11-16-25-22-15-10-7-12-18(22)21-17-23-19-13-8-9-14-20(19)24-21/h7-10,12-15,17H,2-6,11,16H2,1H3. The maximum absolute atomic E-state index is 6.04. The summed E-state index contributed by atoms with van der Waals surface area (Å²) in [7, 11) is 0. The topological polar surface area (TPSA) is 35.0 Å². The third kappa shape index (κ3) is 4.79. The van der Waals surface area contributed by atoms with Crippen molar-refractivity contribution in [2.24, 2.45) is 0 Å². The van der Waals surface area contributed by atoms with Crippen molar-refractivity contribution in [2.75, 3.05) is 6.61 Å². The van der Waals surface area contributed by atoms with E-state index in [0.29, 0.717) is 0 Å². The van der Waals surface area contributed by atoms with Gasteiger partial charge in [-0.2, -0.15) is 0 Å². The van der Waals surface area contributed by atoms with E-state index in [9.17, 15) is 0 Å². The Morgan fingerprint density at radius 3 is 2.40 bits per heavy atom. The van der Waals surface area contributed by atoms with Crippen LogP contribution in [-0.4, -0.2) is 16.6 Å². The van der Waals surface area contributed by atoms with Crippen LogP contribution in [0.4, 0.5) is 0 Å². The van der Waals surface area contributed by atoms with Gasteiger partial charge >= 0.3 is 0 Å². The Labute approximate surface area is 150 Å². The summed E-state index contributed by atoms with van der Waals surface area (Å²) >= 11 is 0. The lowest BCUT2D eigenvalue weighted by molar-refractivity contribution is 0.305. The smallest absolute Gasteiger partial charge is 0.128 e. The van der Waals surface area contributed by atoms with Crippen LogP contribution < -0.4 is 4.74 Å². The van der Waals surface area contributed by atoms with E-state index in [1.165, 1.54) is 32.1 Å². The van der Waals surface area contributed by atoms with Gasteiger partial charge in [0.25, 0.3) is 0 Å². The molecule has 0 aliphatic carbocycles. The molecule has 1 heterocycles. The molecule has 0 aliphatic rings. The number of nitrogens with zero attached hydrogens (tertiary/aromatic N) is 2. The lowest BCUT2D eigenvalue weighted by Crippen LogP contribution is -1.99. The van der Waals surface area contributed by atoms with Crippen LogP contribution in [0.1, 0.15) is 45.4 Å². The fraction of sp³-hybridized carbons (Fsp3) is 0.364. The van der Waals surface area contributed by atoms with Crippen LogP contribution in [0.25, 0.3) is 22.3 Å². The van der Waals surface area contributed by atoms with Crippen molar-refractivity contribution in [3.63, 3.8) is 0 Å². The molecule has 0 saturated heterocycles. The molecule has 0 aliphatic heterocycles. The molecule has 3 nitrogen and oxygen atoms in total. The van der Waals surface area contributed by atoms with Crippen molar-refractivity contribution < 1.29 is 4.74 Å². The van der Waals surface area contributed by atoms with E-state index in [4.69, 9.17) is 9.72 Å². The Morgan fingerprint density at radius 2 is 1.52 bits per heavy atom. The Kier molecular flexibility index (Phi) is 6.38. The van der Waals surface area contributed by atoms with E-state index in [1.807, 2.05) is 48.7 Å². The minimum Gasteiger partial charge on any atom is -0.493 e. The molecule has 3 aromatic rings. The van der Waals surface area contributed by atoms with Gasteiger partial charge in [0.2, 0.25) is 0 Å². The van der Waals surface area contributed by atoms with Crippen molar-refractivity contribution >= 4 is 11.0 Å². The lowest BCUT2D eigenvalue weighted by Gasteiger charge is -2.11. The molecule has 0 saturated carbocycles. The Bertz CT molecular complexity index is 801. The summed E-state index contributed by atoms with van der Waals surface area (Å²) in [5.74, 6) is 0.889. The maximum atomic E-state index is 6.04. The van der Waals surface area contributed by atoms with Crippen LogP contribution in [-0.2, 0) is 0 Å². The monoisotopic (exact) mass is 334 g/mol. The number of benzene rings is 2. The molecule has 0 radical (unpaired) electrons. The Balaban J connectivity index is 1.66. The molecular formula is C22H26N2O. The van der Waals surface area contributed by atoms with Crippen molar-refractivity contribution in [1.29, 1.82) is 0 Å². The van der Waals surface area contributed by atoms with Crippen LogP contribution in [0.5, 0.6) is 5.75 Å². The molecule has 25 heavy (non-hydrogen) atoms. The normalized spacial score (nSPS) is 10.9. The van der Waals surface area contributed by atoms with Gasteiger partial charge in [-0.3, -0.25) is 4.98 Å². The number of unbranched alkanes of at least 4 members (excludes halogenated alkanes) is 5. The number of hydrogen-bond donors (Lipinski definition) is 0. The summed E-state index contributed by atoms with van der Waals surface area (Å²) in [6, 6.07) is 16.0. The molecule has 0 spiro atoms. The first-order valence-electron chi connectivity index (χ1n) is 9.32. The molecule has 3 rings (SSSR count). The van der Waals surface area contributed by atoms with Gasteiger partial charge in [0.1, 0.15) is 5.75 Å². The van der Waals surface area contributed by atoms with E-state index in [0.717, 1.165) is 41.1 Å². The van der Waals surface area contributed by atoms with Gasteiger partial charge in [-0.15, -0.1) is 0 Å². The third-order valence-corrected chi connectivity index (χ3v) is 4.37. The highest BCUT2D eigenvalue weighted by atomic mass is 16.5. The second kappa shape index (κ2) is 9.16. The summed E-state index contributed by atoms with van der Waals surface area (Å²) in [5, 5.41) is 0. The fourth-order valence-corrected chi connectivity index (χ4v) is 2.96. The SMILES string of the molecule is CCCCCCCCOc1ccccc1-c1cnc2ccccc2n1. The van der Waals surface area contributed by atoms with Gasteiger partial charge < -0.3 is 4.74 Å². The lowest BCUT2D eigenvalue weighted by atomic mass is 10.1. The van der Waals surface area contributed by atoms with Crippen LogP contribution >= 0.6 is 0 Å². The molecule has 1 aromatic heterocycles. The number of hydrogen-bond acceptors (Lipinski definition) is 3. The van der Waals surface area contributed by atoms with E-state index in [2.05, 4.69) is 18.0 Å². The van der Waals surface area contributed by atoms with Crippen molar-refractivity contribution in [1.82, 2.24) is 9.97 Å². The van der Waals surface area contributed by atoms with Crippen molar-refractivity contribution in [3.8, 4) is 17.0 Å². The molecular weight excluding hydrogens is 308 g/mol. The Morgan fingerprint density at radius 1 is 0.800 bits per heavy atom. The zero-order valence-corrected chi connectivity index (χ0v) is 14.9. The van der Waals surface area contributed by atoms with Gasteiger partial charge in [-0.25, -0.2) is 4.98 Å². The molecule has 2 aromatic carbocycles. The zero-order valence-electron chi connectivity index (χ0n) is 14.9. The average Bonchev–Trinajstić information content (AvgIpc) is 2.67. The van der Waals surface area contributed by atoms with Crippen LogP contribution in [0.15, 0.2) is 54.7 Å². The van der Waals surface area contributed by atoms with Crippen molar-refractivity contribution in [2.45, 2.75) is 45.4 Å². The Hall–Kier alpha value is -2.42. The fourth-order valence-electron chi connectivity index (χ4n) is 2.96. The van der Waals surface area contributed by atoms with Gasteiger partial charge in [0.15, 0.2) is 0 Å². The minimum atomic E-state index is 0.754. The molecule has 0 amide bonds. The molecule has 130 valence electrons. The van der Waals surface area contributed by atoms with Gasteiger partial charge in [-0.1, -0.05) is 63.3 Å². The second-order valence-electron chi connectivity index (χ2n) is 6.36. The second-order valence-corrected chi connectivity index (χ2v) is 6.36. The summed E-state index contributed by atoms with van der Waals surface area (Å²) < 4.78 is 6.04. The van der Waals surface area contributed by atoms with Crippen LogP contribution in [0, 0.1) is 0 Å². The first-order valence-corrected chi connectivity index (χ1v) is 9.32. The zero-order chi connectivity index (χ0) is 17.3. The highest BCUT2D eigenvalue weighted by Gasteiger charge is 2.08. The van der Waals surface area contributed by atoms with E-state index in [-0.39, 0.29) is 0 Å². The van der Waals surface area contributed by atoms with Gasteiger partial charge in [0.05, 0.1) is 29.5 Å². The summed E-state index contributed by atoms with van der Waals surface area (Å²) in [4.78, 5) is 9.26. The van der Waals surface area contributed by atoms with E-state index < -0.39 is 0 Å². The maximum Gasteiger partial charge on any atom is 0.128 e. The molecule has 3 heteroatoms. The summed E-state index contributed by atoms with van der Waals surface area (Å²) in [5.41, 5.74) is 3.69. The summed E-state index contributed by atoms with van der Waals surface area (Å²) in [6.45, 7) is 3.00. The van der Waals surface area contributed by atoms with E-state index >= 15 is 0 Å². The largest absolute Gasteiger partial charge is 0.493 e. The molecule has 0 N–H and O–H groups in total.